The summed E-state index contributed by atoms with van der Waals surface area (Å²) in [5.41, 5.74) is 5.35. The molecule has 0 unspecified atom stereocenters. The summed E-state index contributed by atoms with van der Waals surface area (Å²) in [5, 5.41) is 4.18. The number of para-hydroxylation sites is 1. The van der Waals surface area contributed by atoms with E-state index in [4.69, 9.17) is 20.4 Å². The second-order valence-corrected chi connectivity index (χ2v) is 9.29. The lowest BCUT2D eigenvalue weighted by molar-refractivity contribution is 0.102. The molecule has 1 N–H and O–H groups in total. The maximum absolute atomic E-state index is 13.0. The third-order valence-corrected chi connectivity index (χ3v) is 6.74. The number of halogens is 1. The van der Waals surface area contributed by atoms with Crippen molar-refractivity contribution in [2.75, 3.05) is 5.32 Å². The summed E-state index contributed by atoms with van der Waals surface area (Å²) in [6.45, 7) is 2.08. The molecule has 0 atom stereocenters. The Morgan fingerprint density at radius 1 is 0.868 bits per heavy atom. The van der Waals surface area contributed by atoms with E-state index in [1.54, 1.807) is 54.6 Å². The van der Waals surface area contributed by atoms with Gasteiger partial charge in [-0.3, -0.25) is 4.79 Å². The third-order valence-electron chi connectivity index (χ3n) is 6.41. The number of anilines is 1. The minimum absolute atomic E-state index is 0.305. The Hall–Kier alpha value is -4.68. The molecule has 0 aliphatic carbocycles. The van der Waals surface area contributed by atoms with Gasteiger partial charge in [-0.2, -0.15) is 0 Å². The zero-order chi connectivity index (χ0) is 26.2. The van der Waals surface area contributed by atoms with E-state index in [0.29, 0.717) is 50.0 Å². The highest BCUT2D eigenvalue weighted by molar-refractivity contribution is 6.33. The summed E-state index contributed by atoms with van der Waals surface area (Å²) in [5.74, 6) is 0.0773. The van der Waals surface area contributed by atoms with E-state index < -0.39 is 5.63 Å². The molecule has 0 saturated carbocycles. The fourth-order valence-electron chi connectivity index (χ4n) is 4.34. The van der Waals surface area contributed by atoms with E-state index in [1.807, 2.05) is 36.4 Å². The second kappa shape index (κ2) is 9.65. The topological polar surface area (TPSA) is 85.3 Å². The molecule has 0 bridgehead atoms. The first-order valence-electron chi connectivity index (χ1n) is 12.1. The van der Waals surface area contributed by atoms with Crippen LogP contribution in [0.25, 0.3) is 44.7 Å². The van der Waals surface area contributed by atoms with Gasteiger partial charge in [0.2, 0.25) is 5.89 Å². The molecule has 0 radical (unpaired) electrons. The Morgan fingerprint density at radius 2 is 1.68 bits per heavy atom. The minimum atomic E-state index is -0.431. The molecule has 0 aliphatic heterocycles. The predicted molar refractivity (Wildman–Crippen MR) is 150 cm³/mol. The fraction of sp³-hybridized carbons (Fsp3) is 0.0645. The van der Waals surface area contributed by atoms with Crippen LogP contribution in [0.2, 0.25) is 5.02 Å². The van der Waals surface area contributed by atoms with E-state index >= 15 is 0 Å². The van der Waals surface area contributed by atoms with Crippen molar-refractivity contribution in [3.05, 3.63) is 118 Å². The lowest BCUT2D eigenvalue weighted by Gasteiger charge is -2.08. The van der Waals surface area contributed by atoms with Crippen LogP contribution in [-0.4, -0.2) is 10.9 Å². The number of nitrogens with one attached hydrogen (secondary N) is 1. The number of benzene rings is 4. The largest absolute Gasteiger partial charge is 0.436 e. The van der Waals surface area contributed by atoms with Gasteiger partial charge >= 0.3 is 5.63 Å². The molecule has 1 amide bonds. The van der Waals surface area contributed by atoms with Crippen LogP contribution in [0, 0.1) is 0 Å². The van der Waals surface area contributed by atoms with E-state index in [-0.39, 0.29) is 5.91 Å². The number of hydrogen-bond donors (Lipinski definition) is 1. The van der Waals surface area contributed by atoms with Gasteiger partial charge in [0, 0.05) is 16.6 Å². The molecule has 2 aromatic heterocycles. The summed E-state index contributed by atoms with van der Waals surface area (Å²) in [6, 6.07) is 27.0. The lowest BCUT2D eigenvalue weighted by atomic mass is 10.0. The van der Waals surface area contributed by atoms with E-state index in [1.165, 1.54) is 0 Å². The predicted octanol–water partition coefficient (Wildman–Crippen LogP) is 7.74. The zero-order valence-corrected chi connectivity index (χ0v) is 21.1. The van der Waals surface area contributed by atoms with Crippen LogP contribution in [0.5, 0.6) is 0 Å². The first kappa shape index (κ1) is 23.7. The highest BCUT2D eigenvalue weighted by Crippen LogP contribution is 2.33. The van der Waals surface area contributed by atoms with Gasteiger partial charge in [0.1, 0.15) is 11.1 Å². The molecule has 7 heteroatoms. The number of rotatable bonds is 5. The molecule has 2 heterocycles. The SMILES string of the molecule is CCc1ccc2oc(-c3cc(NC(=O)c4ccc(-c5cc6ccccc6oc5=O)cc4)ccc3Cl)nc2c1. The first-order valence-corrected chi connectivity index (χ1v) is 12.5. The molecule has 6 aromatic rings. The number of oxazole rings is 1. The molecule has 6 nitrogen and oxygen atoms in total. The van der Waals surface area contributed by atoms with Crippen molar-refractivity contribution in [3.63, 3.8) is 0 Å². The van der Waals surface area contributed by atoms with Crippen LogP contribution in [0.4, 0.5) is 5.69 Å². The molecule has 0 fully saturated rings. The lowest BCUT2D eigenvalue weighted by Crippen LogP contribution is -2.12. The number of aromatic nitrogens is 1. The van der Waals surface area contributed by atoms with Gasteiger partial charge in [-0.15, -0.1) is 0 Å². The van der Waals surface area contributed by atoms with Crippen molar-refractivity contribution in [2.24, 2.45) is 0 Å². The Morgan fingerprint density at radius 3 is 2.50 bits per heavy atom. The number of fused-ring (bicyclic) bond motifs is 2. The van der Waals surface area contributed by atoms with Crippen LogP contribution in [0.15, 0.2) is 105 Å². The molecule has 0 spiro atoms. The summed E-state index contributed by atoms with van der Waals surface area (Å²) >= 11 is 6.45. The molecular weight excluding hydrogens is 500 g/mol. The molecule has 186 valence electrons. The number of amides is 1. The van der Waals surface area contributed by atoms with Crippen molar-refractivity contribution in [2.45, 2.75) is 13.3 Å². The van der Waals surface area contributed by atoms with Crippen molar-refractivity contribution < 1.29 is 13.6 Å². The normalized spacial score (nSPS) is 11.2. The Balaban J connectivity index is 1.25. The van der Waals surface area contributed by atoms with Crippen LogP contribution < -0.4 is 10.9 Å². The second-order valence-electron chi connectivity index (χ2n) is 8.89. The average Bonchev–Trinajstić information content (AvgIpc) is 3.37. The van der Waals surface area contributed by atoms with Crippen LogP contribution >= 0.6 is 11.6 Å². The number of hydrogen-bond acceptors (Lipinski definition) is 5. The van der Waals surface area contributed by atoms with E-state index in [2.05, 4.69) is 17.2 Å². The van der Waals surface area contributed by atoms with E-state index in [0.717, 1.165) is 22.9 Å². The Labute approximate surface area is 222 Å². The molecule has 38 heavy (non-hydrogen) atoms. The minimum Gasteiger partial charge on any atom is -0.436 e. The number of nitrogens with zero attached hydrogens (tertiary/aromatic N) is 1. The standard InChI is InChI=1S/C31H21ClN2O4/c1-2-18-7-14-28-26(15-18)34-30(37-28)24-17-22(12-13-25(24)32)33-29(35)20-10-8-19(9-11-20)23-16-21-5-3-4-6-27(21)38-31(23)36/h3-17H,2H2,1H3,(H,33,35). The van der Waals surface area contributed by atoms with Gasteiger partial charge in [-0.05, 0) is 72.1 Å². The summed E-state index contributed by atoms with van der Waals surface area (Å²) in [6.07, 6.45) is 0.900. The van der Waals surface area contributed by atoms with E-state index in [9.17, 15) is 9.59 Å². The molecule has 0 saturated heterocycles. The highest BCUT2D eigenvalue weighted by Gasteiger charge is 2.15. The van der Waals surface area contributed by atoms with Crippen molar-refractivity contribution in [1.29, 1.82) is 0 Å². The van der Waals surface area contributed by atoms with Crippen molar-refractivity contribution >= 4 is 45.3 Å². The zero-order valence-electron chi connectivity index (χ0n) is 20.3. The van der Waals surface area contributed by atoms with Crippen LogP contribution in [0.1, 0.15) is 22.8 Å². The smallest absolute Gasteiger partial charge is 0.344 e. The highest BCUT2D eigenvalue weighted by atomic mass is 35.5. The van der Waals surface area contributed by atoms with Gasteiger partial charge < -0.3 is 14.2 Å². The fourth-order valence-corrected chi connectivity index (χ4v) is 4.54. The summed E-state index contributed by atoms with van der Waals surface area (Å²) < 4.78 is 11.4. The number of aryl methyl sites for hydroxylation is 1. The van der Waals surface area contributed by atoms with Crippen molar-refractivity contribution in [1.82, 2.24) is 4.98 Å². The van der Waals surface area contributed by atoms with Gasteiger partial charge in [0.25, 0.3) is 5.91 Å². The van der Waals surface area contributed by atoms with Crippen molar-refractivity contribution in [3.8, 4) is 22.6 Å². The maximum Gasteiger partial charge on any atom is 0.344 e. The number of carbonyl (C=O) groups excluding carboxylic acids is 1. The van der Waals surface area contributed by atoms with Gasteiger partial charge in [-0.25, -0.2) is 9.78 Å². The van der Waals surface area contributed by atoms with Gasteiger partial charge in [0.15, 0.2) is 5.58 Å². The monoisotopic (exact) mass is 520 g/mol. The van der Waals surface area contributed by atoms with Gasteiger partial charge in [0.05, 0.1) is 16.1 Å². The molecule has 6 rings (SSSR count). The Bertz CT molecular complexity index is 1890. The summed E-state index contributed by atoms with van der Waals surface area (Å²) in [4.78, 5) is 30.1. The summed E-state index contributed by atoms with van der Waals surface area (Å²) in [7, 11) is 0. The van der Waals surface area contributed by atoms with Gasteiger partial charge in [-0.1, -0.05) is 54.9 Å². The number of carbonyl (C=O) groups is 1. The Kier molecular flexibility index (Phi) is 6.02. The molecule has 0 aliphatic rings. The molecule has 4 aromatic carbocycles. The maximum atomic E-state index is 13.0. The third kappa shape index (κ3) is 4.46. The first-order chi connectivity index (χ1) is 18.5. The molecular formula is C31H21ClN2O4. The quantitative estimate of drug-likeness (QED) is 0.235. The average molecular weight is 521 g/mol. The van der Waals surface area contributed by atoms with Crippen LogP contribution in [0.3, 0.4) is 0 Å². The van der Waals surface area contributed by atoms with Crippen LogP contribution in [-0.2, 0) is 6.42 Å².